The van der Waals surface area contributed by atoms with E-state index in [2.05, 4.69) is 6.92 Å². The third kappa shape index (κ3) is 1.50. The van der Waals surface area contributed by atoms with E-state index >= 15 is 0 Å². The standard InChI is InChI=1S/C9H11O/c1-3-10-9-7-5-4-6-8(9)2/h4-7H,2-3H2,1H3. The highest BCUT2D eigenvalue weighted by molar-refractivity contribution is 5.35. The molecule has 1 radical (unpaired) electrons. The Bertz CT molecular complexity index is 206. The smallest absolute Gasteiger partial charge is 0.122 e. The summed E-state index contributed by atoms with van der Waals surface area (Å²) in [6, 6.07) is 7.75. The van der Waals surface area contributed by atoms with Gasteiger partial charge in [-0.15, -0.1) is 0 Å². The Kier molecular flexibility index (Phi) is 2.32. The Morgan fingerprint density at radius 3 is 2.70 bits per heavy atom. The van der Waals surface area contributed by atoms with Crippen LogP contribution in [0.25, 0.3) is 0 Å². The molecule has 0 unspecified atom stereocenters. The van der Waals surface area contributed by atoms with Crippen LogP contribution in [-0.2, 0) is 0 Å². The molecule has 1 aromatic carbocycles. The highest BCUT2D eigenvalue weighted by Crippen LogP contribution is 2.15. The molecular weight excluding hydrogens is 124 g/mol. The van der Waals surface area contributed by atoms with E-state index in [1.165, 1.54) is 0 Å². The third-order valence-corrected chi connectivity index (χ3v) is 1.27. The van der Waals surface area contributed by atoms with Crippen LogP contribution in [0.4, 0.5) is 0 Å². The number of hydrogen-bond donors (Lipinski definition) is 0. The van der Waals surface area contributed by atoms with Gasteiger partial charge < -0.3 is 4.74 Å². The summed E-state index contributed by atoms with van der Waals surface area (Å²) in [6.07, 6.45) is 0. The van der Waals surface area contributed by atoms with Crippen LogP contribution in [-0.4, -0.2) is 6.61 Å². The maximum atomic E-state index is 5.27. The normalized spacial score (nSPS) is 9.40. The number of hydrogen-bond acceptors (Lipinski definition) is 1. The Balaban J connectivity index is 2.81. The highest BCUT2D eigenvalue weighted by atomic mass is 16.5. The topological polar surface area (TPSA) is 9.23 Å². The lowest BCUT2D eigenvalue weighted by Gasteiger charge is -2.04. The van der Waals surface area contributed by atoms with Crippen LogP contribution in [0, 0.1) is 6.92 Å². The second-order valence-electron chi connectivity index (χ2n) is 2.04. The van der Waals surface area contributed by atoms with Gasteiger partial charge >= 0.3 is 0 Å². The summed E-state index contributed by atoms with van der Waals surface area (Å²) in [5.74, 6) is 0.880. The Morgan fingerprint density at radius 1 is 1.40 bits per heavy atom. The van der Waals surface area contributed by atoms with Crippen molar-refractivity contribution in [3.63, 3.8) is 0 Å². The second kappa shape index (κ2) is 3.25. The molecule has 0 aliphatic heterocycles. The van der Waals surface area contributed by atoms with Gasteiger partial charge in [-0.25, -0.2) is 0 Å². The molecule has 1 nitrogen and oxygen atoms in total. The van der Waals surface area contributed by atoms with Gasteiger partial charge in [-0.3, -0.25) is 0 Å². The third-order valence-electron chi connectivity index (χ3n) is 1.27. The van der Waals surface area contributed by atoms with Crippen LogP contribution in [0.1, 0.15) is 12.5 Å². The number of rotatable bonds is 2. The molecule has 0 bridgehead atoms. The van der Waals surface area contributed by atoms with Gasteiger partial charge in [0.1, 0.15) is 5.75 Å². The first kappa shape index (κ1) is 7.13. The summed E-state index contributed by atoms with van der Waals surface area (Å²) >= 11 is 0. The number of ether oxygens (including phenoxy) is 1. The quantitative estimate of drug-likeness (QED) is 0.604. The zero-order chi connectivity index (χ0) is 7.40. The SMILES string of the molecule is [CH2]c1ccccc1OCC. The Labute approximate surface area is 61.6 Å². The first-order valence-corrected chi connectivity index (χ1v) is 3.38. The van der Waals surface area contributed by atoms with Crippen molar-refractivity contribution < 1.29 is 4.74 Å². The van der Waals surface area contributed by atoms with Gasteiger partial charge in [0.25, 0.3) is 0 Å². The van der Waals surface area contributed by atoms with E-state index in [1.807, 2.05) is 31.2 Å². The summed E-state index contributed by atoms with van der Waals surface area (Å²) in [7, 11) is 0. The summed E-state index contributed by atoms with van der Waals surface area (Å²) in [4.78, 5) is 0. The van der Waals surface area contributed by atoms with Crippen LogP contribution in [0.5, 0.6) is 5.75 Å². The molecule has 0 aliphatic carbocycles. The second-order valence-corrected chi connectivity index (χ2v) is 2.04. The fourth-order valence-corrected chi connectivity index (χ4v) is 0.800. The summed E-state index contributed by atoms with van der Waals surface area (Å²) < 4.78 is 5.27. The molecule has 1 heteroatoms. The minimum Gasteiger partial charge on any atom is -0.494 e. The van der Waals surface area contributed by atoms with Gasteiger partial charge in [0.2, 0.25) is 0 Å². The van der Waals surface area contributed by atoms with Crippen LogP contribution >= 0.6 is 0 Å². The van der Waals surface area contributed by atoms with Crippen LogP contribution < -0.4 is 4.74 Å². The van der Waals surface area contributed by atoms with Crippen LogP contribution in [0.2, 0.25) is 0 Å². The summed E-state index contributed by atoms with van der Waals surface area (Å²) in [6.45, 7) is 6.48. The van der Waals surface area contributed by atoms with E-state index in [1.54, 1.807) is 0 Å². The molecule has 1 rings (SSSR count). The molecule has 0 aromatic heterocycles. The lowest BCUT2D eigenvalue weighted by atomic mass is 10.2. The predicted molar refractivity (Wildman–Crippen MR) is 42.1 cm³/mol. The highest BCUT2D eigenvalue weighted by Gasteiger charge is 1.93. The van der Waals surface area contributed by atoms with Crippen molar-refractivity contribution in [1.82, 2.24) is 0 Å². The summed E-state index contributed by atoms with van der Waals surface area (Å²) in [5, 5.41) is 0. The van der Waals surface area contributed by atoms with E-state index in [9.17, 15) is 0 Å². The Morgan fingerprint density at radius 2 is 2.10 bits per heavy atom. The van der Waals surface area contributed by atoms with E-state index in [0.717, 1.165) is 11.3 Å². The molecule has 0 saturated heterocycles. The van der Waals surface area contributed by atoms with Crippen molar-refractivity contribution in [1.29, 1.82) is 0 Å². The summed E-state index contributed by atoms with van der Waals surface area (Å²) in [5.41, 5.74) is 0.948. The molecule has 0 fully saturated rings. The molecule has 0 amide bonds. The van der Waals surface area contributed by atoms with E-state index in [4.69, 9.17) is 4.74 Å². The van der Waals surface area contributed by atoms with Crippen molar-refractivity contribution in [2.75, 3.05) is 6.61 Å². The van der Waals surface area contributed by atoms with Crippen molar-refractivity contribution in [2.45, 2.75) is 6.92 Å². The maximum Gasteiger partial charge on any atom is 0.122 e. The fraction of sp³-hybridized carbons (Fsp3) is 0.222. The van der Waals surface area contributed by atoms with Crippen molar-refractivity contribution in [3.8, 4) is 5.75 Å². The average Bonchev–Trinajstić information content (AvgIpc) is 1.94. The van der Waals surface area contributed by atoms with Gasteiger partial charge in [0.15, 0.2) is 0 Å². The van der Waals surface area contributed by atoms with Gasteiger partial charge in [0, 0.05) is 0 Å². The zero-order valence-electron chi connectivity index (χ0n) is 6.13. The predicted octanol–water partition coefficient (Wildman–Crippen LogP) is 2.27. The lowest BCUT2D eigenvalue weighted by molar-refractivity contribution is 0.339. The molecule has 0 saturated carbocycles. The van der Waals surface area contributed by atoms with Gasteiger partial charge in [-0.2, -0.15) is 0 Å². The molecule has 0 atom stereocenters. The fourth-order valence-electron chi connectivity index (χ4n) is 0.800. The number of para-hydroxylation sites is 1. The molecule has 1 aromatic rings. The van der Waals surface area contributed by atoms with E-state index in [-0.39, 0.29) is 0 Å². The Hall–Kier alpha value is -0.980. The van der Waals surface area contributed by atoms with Gasteiger partial charge in [-0.05, 0) is 25.5 Å². The number of benzene rings is 1. The lowest BCUT2D eigenvalue weighted by Crippen LogP contribution is -1.92. The monoisotopic (exact) mass is 135 g/mol. The molecule has 10 heavy (non-hydrogen) atoms. The van der Waals surface area contributed by atoms with E-state index in [0.29, 0.717) is 6.61 Å². The maximum absolute atomic E-state index is 5.27. The molecule has 0 aliphatic rings. The molecule has 0 spiro atoms. The van der Waals surface area contributed by atoms with Crippen LogP contribution in [0.3, 0.4) is 0 Å². The minimum atomic E-state index is 0.701. The average molecular weight is 135 g/mol. The van der Waals surface area contributed by atoms with Gasteiger partial charge in [-0.1, -0.05) is 18.2 Å². The first-order chi connectivity index (χ1) is 4.84. The molecule has 0 N–H and O–H groups in total. The molecule has 53 valence electrons. The van der Waals surface area contributed by atoms with Crippen molar-refractivity contribution in [3.05, 3.63) is 36.8 Å². The first-order valence-electron chi connectivity index (χ1n) is 3.38. The van der Waals surface area contributed by atoms with Crippen LogP contribution in [0.15, 0.2) is 24.3 Å². The van der Waals surface area contributed by atoms with Gasteiger partial charge in [0.05, 0.1) is 6.61 Å². The molecular formula is C9H11O. The van der Waals surface area contributed by atoms with Crippen molar-refractivity contribution >= 4 is 0 Å². The largest absolute Gasteiger partial charge is 0.494 e. The minimum absolute atomic E-state index is 0.701. The van der Waals surface area contributed by atoms with Crippen molar-refractivity contribution in [2.24, 2.45) is 0 Å². The van der Waals surface area contributed by atoms with E-state index < -0.39 is 0 Å². The zero-order valence-corrected chi connectivity index (χ0v) is 6.13. The molecule has 0 heterocycles.